The van der Waals surface area contributed by atoms with Crippen LogP contribution in [0.1, 0.15) is 35.6 Å². The number of aliphatic carboxylic acids is 1. The molecule has 6 rings (SSSR count). The lowest BCUT2D eigenvalue weighted by Crippen LogP contribution is -2.42. The number of thioether (sulfide) groups is 1. The number of phenolic OH excluding ortho intramolecular Hbond substituents is 1. The van der Waals surface area contributed by atoms with Crippen molar-refractivity contribution in [3.63, 3.8) is 0 Å². The van der Waals surface area contributed by atoms with Crippen LogP contribution in [0.25, 0.3) is 0 Å². The predicted molar refractivity (Wildman–Crippen MR) is 127 cm³/mol. The molecule has 2 amide bonds. The van der Waals surface area contributed by atoms with Crippen LogP contribution in [-0.4, -0.2) is 56.8 Å². The molecule has 2 aromatic rings. The molecule has 2 aliphatic carbocycles. The van der Waals surface area contributed by atoms with E-state index in [4.69, 9.17) is 9.84 Å². The molecular formula is C24H24N2O7S2. The summed E-state index contributed by atoms with van der Waals surface area (Å²) in [6, 6.07) is 5.22. The maximum absolute atomic E-state index is 13.4. The number of fused-ring (bicyclic) bond motifs is 9. The minimum atomic E-state index is -0.945. The number of hydrogen-bond donors (Lipinski definition) is 3. The highest BCUT2D eigenvalue weighted by atomic mass is 32.2. The number of phenols is 1. The second-order valence-electron chi connectivity index (χ2n) is 9.72. The Morgan fingerprint density at radius 1 is 1.20 bits per heavy atom. The summed E-state index contributed by atoms with van der Waals surface area (Å²) in [4.78, 5) is 55.0. The van der Waals surface area contributed by atoms with E-state index < -0.39 is 11.9 Å². The number of thiazole rings is 1. The third kappa shape index (κ3) is 3.27. The summed E-state index contributed by atoms with van der Waals surface area (Å²) in [7, 11) is 1.49. The van der Waals surface area contributed by atoms with Gasteiger partial charge in [0, 0.05) is 29.0 Å². The molecule has 7 atom stereocenters. The first-order valence-corrected chi connectivity index (χ1v) is 13.3. The maximum atomic E-state index is 13.4. The fourth-order valence-corrected chi connectivity index (χ4v) is 9.84. The van der Waals surface area contributed by atoms with E-state index >= 15 is 0 Å². The minimum absolute atomic E-state index is 0.0130. The summed E-state index contributed by atoms with van der Waals surface area (Å²) < 4.78 is 5.34. The van der Waals surface area contributed by atoms with Gasteiger partial charge in [0.25, 0.3) is 0 Å². The number of carbonyl (C=O) groups excluding carboxylic acids is 2. The molecule has 9 nitrogen and oxygen atoms in total. The molecule has 1 aromatic heterocycles. The molecule has 11 heteroatoms. The van der Waals surface area contributed by atoms with Crippen LogP contribution in [0, 0.1) is 29.6 Å². The average Bonchev–Trinajstić information content (AvgIpc) is 3.54. The Morgan fingerprint density at radius 2 is 1.94 bits per heavy atom. The van der Waals surface area contributed by atoms with Crippen LogP contribution >= 0.6 is 23.1 Å². The van der Waals surface area contributed by atoms with Crippen LogP contribution in [0.2, 0.25) is 0 Å². The zero-order valence-corrected chi connectivity index (χ0v) is 20.4. The highest BCUT2D eigenvalue weighted by Gasteiger charge is 2.69. The van der Waals surface area contributed by atoms with Crippen molar-refractivity contribution >= 4 is 40.9 Å². The van der Waals surface area contributed by atoms with E-state index in [1.165, 1.54) is 23.3 Å². The Hall–Kier alpha value is -2.79. The highest BCUT2D eigenvalue weighted by molar-refractivity contribution is 8.00. The summed E-state index contributed by atoms with van der Waals surface area (Å²) >= 11 is 2.79. The van der Waals surface area contributed by atoms with E-state index in [1.54, 1.807) is 23.9 Å². The third-order valence-corrected chi connectivity index (χ3v) is 10.7. The monoisotopic (exact) mass is 516 g/mol. The lowest BCUT2D eigenvalue weighted by Gasteiger charge is -2.43. The van der Waals surface area contributed by atoms with Crippen LogP contribution in [0.5, 0.6) is 11.5 Å². The van der Waals surface area contributed by atoms with Gasteiger partial charge in [-0.1, -0.05) is 17.4 Å². The number of aromatic nitrogens is 1. The number of ether oxygens (including phenoxy) is 1. The van der Waals surface area contributed by atoms with Crippen LogP contribution in [0.4, 0.5) is 0 Å². The van der Waals surface area contributed by atoms with E-state index in [2.05, 4.69) is 4.98 Å². The average molecular weight is 517 g/mol. The molecule has 3 N–H and O–H groups in total. The highest BCUT2D eigenvalue weighted by Crippen LogP contribution is 2.68. The number of methoxy groups -OCH3 is 1. The fraction of sp³-hybridized carbons (Fsp3) is 0.500. The Balaban J connectivity index is 1.39. The van der Waals surface area contributed by atoms with Gasteiger partial charge in [0.1, 0.15) is 0 Å². The standard InChI is InChI=1S/C24H24N2O7S2/c1-33-13-7-9(4-5-12(13)27)15-16-10-8-11(19(16)34-21-20(15)35-24(32)25-21)18-17(10)22(30)26(23(18)31)6-2-3-14(28)29/h4-5,7,10-11,15-19,27H,2-3,6,8H2,1H3,(H,25,32)(H,28,29)/t10-,11+,15+,16+,17+,18+,19-/m0/s1. The first kappa shape index (κ1) is 22.7. The second-order valence-corrected chi connectivity index (χ2v) is 11.9. The number of benzene rings is 1. The molecule has 3 heterocycles. The zero-order chi connectivity index (χ0) is 24.6. The molecule has 0 radical (unpaired) electrons. The number of carboxylic acid groups (broad SMARTS) is 1. The Kier molecular flexibility index (Phi) is 5.26. The normalized spacial score (nSPS) is 32.5. The molecular weight excluding hydrogens is 492 g/mol. The first-order valence-electron chi connectivity index (χ1n) is 11.6. The number of aromatic amines is 1. The molecule has 1 saturated heterocycles. The van der Waals surface area contributed by atoms with Crippen LogP contribution in [0.3, 0.4) is 0 Å². The number of likely N-dealkylation sites (tertiary alicyclic amines) is 1. The molecule has 3 fully saturated rings. The van der Waals surface area contributed by atoms with Crippen molar-refractivity contribution in [2.45, 2.75) is 35.5 Å². The topological polar surface area (TPSA) is 137 Å². The van der Waals surface area contributed by atoms with Gasteiger partial charge in [0.15, 0.2) is 11.5 Å². The van der Waals surface area contributed by atoms with Crippen molar-refractivity contribution in [2.75, 3.05) is 13.7 Å². The number of aromatic hydroxyl groups is 1. The van der Waals surface area contributed by atoms with Crippen molar-refractivity contribution in [3.8, 4) is 11.5 Å². The van der Waals surface area contributed by atoms with E-state index in [0.717, 1.165) is 21.9 Å². The molecule has 0 unspecified atom stereocenters. The van der Waals surface area contributed by atoms with E-state index in [1.807, 2.05) is 6.07 Å². The Morgan fingerprint density at radius 3 is 2.66 bits per heavy atom. The molecule has 1 aromatic carbocycles. The number of rotatable bonds is 6. The van der Waals surface area contributed by atoms with Gasteiger partial charge >= 0.3 is 10.8 Å². The van der Waals surface area contributed by atoms with Crippen LogP contribution in [0.15, 0.2) is 28.0 Å². The molecule has 2 saturated carbocycles. The van der Waals surface area contributed by atoms with Crippen molar-refractivity contribution < 1.29 is 29.3 Å². The molecule has 4 aliphatic rings. The van der Waals surface area contributed by atoms with Gasteiger partial charge < -0.3 is 19.9 Å². The molecule has 184 valence electrons. The number of amides is 2. The zero-order valence-electron chi connectivity index (χ0n) is 18.8. The third-order valence-electron chi connectivity index (χ3n) is 8.15. The number of hydrogen-bond acceptors (Lipinski definition) is 8. The number of H-pyrrole nitrogens is 1. The largest absolute Gasteiger partial charge is 0.504 e. The van der Waals surface area contributed by atoms with E-state index in [-0.39, 0.29) is 76.7 Å². The first-order chi connectivity index (χ1) is 16.8. The van der Waals surface area contributed by atoms with Gasteiger partial charge in [0.05, 0.1) is 24.0 Å². The number of carboxylic acids is 1. The summed E-state index contributed by atoms with van der Waals surface area (Å²) in [5.74, 6) is -1.82. The molecule has 35 heavy (non-hydrogen) atoms. The van der Waals surface area contributed by atoms with Gasteiger partial charge in [0.2, 0.25) is 11.8 Å². The fourth-order valence-electron chi connectivity index (χ4n) is 6.95. The molecule has 2 aliphatic heterocycles. The van der Waals surface area contributed by atoms with E-state index in [9.17, 15) is 24.3 Å². The molecule has 0 spiro atoms. The van der Waals surface area contributed by atoms with Gasteiger partial charge in [-0.3, -0.25) is 24.1 Å². The van der Waals surface area contributed by atoms with Crippen LogP contribution in [-0.2, 0) is 14.4 Å². The Labute approximate surface area is 208 Å². The number of nitrogens with zero attached hydrogens (tertiary/aromatic N) is 1. The quantitative estimate of drug-likeness (QED) is 0.498. The van der Waals surface area contributed by atoms with E-state index in [0.29, 0.717) is 5.75 Å². The van der Waals surface area contributed by atoms with Crippen molar-refractivity contribution in [3.05, 3.63) is 38.3 Å². The Bertz CT molecular complexity index is 1300. The van der Waals surface area contributed by atoms with Gasteiger partial charge in [-0.25, -0.2) is 0 Å². The summed E-state index contributed by atoms with van der Waals surface area (Å²) in [6.07, 6.45) is 0.944. The lowest BCUT2D eigenvalue weighted by molar-refractivity contribution is -0.142. The molecule has 2 bridgehead atoms. The number of nitrogens with one attached hydrogen (secondary N) is 1. The van der Waals surface area contributed by atoms with Gasteiger partial charge in [-0.15, -0.1) is 11.8 Å². The minimum Gasteiger partial charge on any atom is -0.504 e. The second kappa shape index (κ2) is 8.12. The number of imide groups is 1. The SMILES string of the molecule is COc1cc([C@H]2c3sc(=O)[nH]c3S[C@H]3[C@@H]4C[C@H]([C@H]5C(=O)N(CCCC(=O)O)C(=O)[C@H]45)[C@H]23)ccc1O. The smallest absolute Gasteiger partial charge is 0.305 e. The van der Waals surface area contributed by atoms with Gasteiger partial charge in [-0.2, -0.15) is 0 Å². The maximum Gasteiger partial charge on any atom is 0.305 e. The summed E-state index contributed by atoms with van der Waals surface area (Å²) in [5, 5.41) is 20.0. The lowest BCUT2D eigenvalue weighted by atomic mass is 9.68. The summed E-state index contributed by atoms with van der Waals surface area (Å²) in [6.45, 7) is 0.137. The predicted octanol–water partition coefficient (Wildman–Crippen LogP) is 2.49. The van der Waals surface area contributed by atoms with Crippen molar-refractivity contribution in [1.29, 1.82) is 0 Å². The van der Waals surface area contributed by atoms with Crippen molar-refractivity contribution in [1.82, 2.24) is 9.88 Å². The number of carbonyl (C=O) groups is 3. The summed E-state index contributed by atoms with van der Waals surface area (Å²) in [5.41, 5.74) is 0.908. The van der Waals surface area contributed by atoms with Crippen LogP contribution < -0.4 is 9.61 Å². The van der Waals surface area contributed by atoms with Crippen molar-refractivity contribution in [2.24, 2.45) is 29.6 Å². The van der Waals surface area contributed by atoms with Gasteiger partial charge in [-0.05, 0) is 48.3 Å².